The van der Waals surface area contributed by atoms with E-state index in [2.05, 4.69) is 15.9 Å². The Labute approximate surface area is 122 Å². The Hall–Kier alpha value is -1.07. The third-order valence-corrected chi connectivity index (χ3v) is 4.11. The second-order valence-electron chi connectivity index (χ2n) is 5.04. The third-order valence-electron chi connectivity index (χ3n) is 3.33. The molecule has 2 rings (SSSR count). The summed E-state index contributed by atoms with van der Waals surface area (Å²) in [6.07, 6.45) is 2.24. The van der Waals surface area contributed by atoms with E-state index in [-0.39, 0.29) is 11.7 Å². The number of rotatable bonds is 4. The minimum atomic E-state index is 0.191. The normalized spacial score (nSPS) is 15.2. The molecule has 0 radical (unpaired) electrons. The number of hydrogen-bond donors (Lipinski definition) is 1. The van der Waals surface area contributed by atoms with Crippen LogP contribution in [0.5, 0.6) is 5.75 Å². The predicted octanol–water partition coefficient (Wildman–Crippen LogP) is 2.21. The molecule has 1 aliphatic heterocycles. The van der Waals surface area contributed by atoms with Crippen molar-refractivity contribution in [2.24, 2.45) is 0 Å². The minimum Gasteiger partial charge on any atom is -0.508 e. The highest BCUT2D eigenvalue weighted by atomic mass is 79.9. The van der Waals surface area contributed by atoms with E-state index in [0.29, 0.717) is 13.1 Å². The molecule has 1 saturated heterocycles. The zero-order chi connectivity index (χ0) is 13.8. The number of likely N-dealkylation sites (tertiary alicyclic amines) is 1. The number of nitrogens with zero attached hydrogens (tertiary/aromatic N) is 2. The van der Waals surface area contributed by atoms with Gasteiger partial charge in [-0.15, -0.1) is 0 Å². The Morgan fingerprint density at radius 2 is 2.11 bits per heavy atom. The lowest BCUT2D eigenvalue weighted by molar-refractivity contribution is -0.131. The maximum atomic E-state index is 12.0. The topological polar surface area (TPSA) is 43.8 Å². The van der Waals surface area contributed by atoms with Gasteiger partial charge in [0.1, 0.15) is 5.75 Å². The first-order valence-corrected chi connectivity index (χ1v) is 7.29. The predicted molar refractivity (Wildman–Crippen MR) is 78.0 cm³/mol. The lowest BCUT2D eigenvalue weighted by Gasteiger charge is -2.21. The molecular formula is C14H19BrN2O2. The Kier molecular flexibility index (Phi) is 4.82. The molecule has 0 atom stereocenters. The van der Waals surface area contributed by atoms with Gasteiger partial charge in [-0.05, 0) is 43.7 Å². The van der Waals surface area contributed by atoms with Crippen LogP contribution >= 0.6 is 15.9 Å². The fraction of sp³-hybridized carbons (Fsp3) is 0.500. The summed E-state index contributed by atoms with van der Waals surface area (Å²) < 4.78 is 0.950. The van der Waals surface area contributed by atoms with Crippen molar-refractivity contribution in [3.63, 3.8) is 0 Å². The molecule has 5 heteroatoms. The lowest BCUT2D eigenvalue weighted by Crippen LogP contribution is -2.37. The molecule has 0 spiro atoms. The van der Waals surface area contributed by atoms with Gasteiger partial charge < -0.3 is 10.0 Å². The van der Waals surface area contributed by atoms with Crippen molar-refractivity contribution in [2.45, 2.75) is 19.4 Å². The summed E-state index contributed by atoms with van der Waals surface area (Å²) in [6.45, 7) is 2.83. The number of carbonyl (C=O) groups excluding carboxylic acids is 1. The molecule has 1 amide bonds. The number of likely N-dealkylation sites (N-methyl/N-ethyl adjacent to an activating group) is 1. The number of carbonyl (C=O) groups is 1. The molecule has 0 saturated carbocycles. The zero-order valence-electron chi connectivity index (χ0n) is 11.1. The maximum Gasteiger partial charge on any atom is 0.236 e. The number of phenols is 1. The number of hydrogen-bond acceptors (Lipinski definition) is 3. The van der Waals surface area contributed by atoms with Crippen molar-refractivity contribution in [3.8, 4) is 5.75 Å². The Balaban J connectivity index is 1.91. The molecular weight excluding hydrogens is 308 g/mol. The first kappa shape index (κ1) is 14.3. The molecule has 1 aromatic rings. The van der Waals surface area contributed by atoms with Gasteiger partial charge in [0.25, 0.3) is 0 Å². The van der Waals surface area contributed by atoms with Crippen molar-refractivity contribution >= 4 is 21.8 Å². The van der Waals surface area contributed by atoms with Gasteiger partial charge in [-0.25, -0.2) is 0 Å². The Bertz CT molecular complexity index is 459. The monoisotopic (exact) mass is 326 g/mol. The van der Waals surface area contributed by atoms with Gasteiger partial charge in [-0.1, -0.05) is 15.9 Å². The van der Waals surface area contributed by atoms with Crippen LogP contribution in [0.2, 0.25) is 0 Å². The molecule has 0 aliphatic carbocycles. The van der Waals surface area contributed by atoms with Crippen molar-refractivity contribution in [3.05, 3.63) is 28.2 Å². The van der Waals surface area contributed by atoms with Crippen molar-refractivity contribution in [1.29, 1.82) is 0 Å². The van der Waals surface area contributed by atoms with Crippen molar-refractivity contribution in [1.82, 2.24) is 9.80 Å². The summed E-state index contributed by atoms with van der Waals surface area (Å²) in [5.74, 6) is 0.439. The molecule has 19 heavy (non-hydrogen) atoms. The molecule has 4 nitrogen and oxygen atoms in total. The summed E-state index contributed by atoms with van der Waals surface area (Å²) in [7, 11) is 1.92. The number of aromatic hydroxyl groups is 1. The van der Waals surface area contributed by atoms with E-state index in [0.717, 1.165) is 36.0 Å². The molecule has 0 aromatic heterocycles. The van der Waals surface area contributed by atoms with E-state index < -0.39 is 0 Å². The second-order valence-corrected chi connectivity index (χ2v) is 5.89. The standard InChI is InChI=1S/C14H19BrN2O2/c1-16(10-14(19)17-6-2-3-7-17)9-11-8-12(18)4-5-13(11)15/h4-5,8,18H,2-3,6-7,9-10H2,1H3. The number of benzene rings is 1. The Morgan fingerprint density at radius 1 is 1.42 bits per heavy atom. The highest BCUT2D eigenvalue weighted by Crippen LogP contribution is 2.22. The minimum absolute atomic E-state index is 0.191. The summed E-state index contributed by atoms with van der Waals surface area (Å²) in [5.41, 5.74) is 0.983. The van der Waals surface area contributed by atoms with Gasteiger partial charge in [-0.3, -0.25) is 9.69 Å². The van der Waals surface area contributed by atoms with Crippen LogP contribution in [0.25, 0.3) is 0 Å². The van der Waals surface area contributed by atoms with E-state index in [1.54, 1.807) is 12.1 Å². The maximum absolute atomic E-state index is 12.0. The lowest BCUT2D eigenvalue weighted by atomic mass is 10.2. The third kappa shape index (κ3) is 3.94. The van der Waals surface area contributed by atoms with E-state index in [1.807, 2.05) is 22.9 Å². The van der Waals surface area contributed by atoms with E-state index in [1.165, 1.54) is 0 Å². The SMILES string of the molecule is CN(CC(=O)N1CCCC1)Cc1cc(O)ccc1Br. The fourth-order valence-electron chi connectivity index (χ4n) is 2.33. The summed E-state index contributed by atoms with van der Waals surface area (Å²) in [4.78, 5) is 15.9. The first-order chi connectivity index (χ1) is 9.06. The smallest absolute Gasteiger partial charge is 0.236 e. The van der Waals surface area contributed by atoms with Crippen molar-refractivity contribution in [2.75, 3.05) is 26.7 Å². The van der Waals surface area contributed by atoms with Crippen LogP contribution < -0.4 is 0 Å². The highest BCUT2D eigenvalue weighted by Gasteiger charge is 2.19. The number of amides is 1. The number of phenolic OH excluding ortho intramolecular Hbond substituents is 1. The van der Waals surface area contributed by atoms with Crippen LogP contribution in [-0.4, -0.2) is 47.5 Å². The van der Waals surface area contributed by atoms with Gasteiger partial charge in [-0.2, -0.15) is 0 Å². The van der Waals surface area contributed by atoms with Gasteiger partial charge in [0.2, 0.25) is 5.91 Å². The van der Waals surface area contributed by atoms with Gasteiger partial charge in [0.15, 0.2) is 0 Å². The molecule has 1 aromatic carbocycles. The van der Waals surface area contributed by atoms with Crippen molar-refractivity contribution < 1.29 is 9.90 Å². The van der Waals surface area contributed by atoms with Crippen LogP contribution in [-0.2, 0) is 11.3 Å². The van der Waals surface area contributed by atoms with Crippen LogP contribution in [0.15, 0.2) is 22.7 Å². The van der Waals surface area contributed by atoms with Crippen LogP contribution in [0.1, 0.15) is 18.4 Å². The number of halogens is 1. The summed E-state index contributed by atoms with van der Waals surface area (Å²) in [6, 6.07) is 5.19. The average molecular weight is 327 g/mol. The molecule has 1 N–H and O–H groups in total. The summed E-state index contributed by atoms with van der Waals surface area (Å²) >= 11 is 3.46. The van der Waals surface area contributed by atoms with E-state index in [4.69, 9.17) is 0 Å². The summed E-state index contributed by atoms with van der Waals surface area (Å²) in [5, 5.41) is 9.49. The van der Waals surface area contributed by atoms with Gasteiger partial charge in [0, 0.05) is 24.1 Å². The van der Waals surface area contributed by atoms with Gasteiger partial charge in [0.05, 0.1) is 6.54 Å². The largest absolute Gasteiger partial charge is 0.508 e. The molecule has 0 unspecified atom stereocenters. The molecule has 1 fully saturated rings. The molecule has 1 aliphatic rings. The average Bonchev–Trinajstić information content (AvgIpc) is 2.87. The zero-order valence-corrected chi connectivity index (χ0v) is 12.7. The Morgan fingerprint density at radius 3 is 2.79 bits per heavy atom. The van der Waals surface area contributed by atoms with Crippen LogP contribution in [0.4, 0.5) is 0 Å². The molecule has 1 heterocycles. The fourth-order valence-corrected chi connectivity index (χ4v) is 2.70. The second kappa shape index (κ2) is 6.39. The molecule has 104 valence electrons. The van der Waals surface area contributed by atoms with Crippen LogP contribution in [0, 0.1) is 0 Å². The van der Waals surface area contributed by atoms with Crippen LogP contribution in [0.3, 0.4) is 0 Å². The van der Waals surface area contributed by atoms with E-state index in [9.17, 15) is 9.90 Å². The highest BCUT2D eigenvalue weighted by molar-refractivity contribution is 9.10. The first-order valence-electron chi connectivity index (χ1n) is 6.50. The van der Waals surface area contributed by atoms with Gasteiger partial charge >= 0.3 is 0 Å². The quantitative estimate of drug-likeness (QED) is 0.922. The van der Waals surface area contributed by atoms with E-state index >= 15 is 0 Å². The molecule has 0 bridgehead atoms.